The summed E-state index contributed by atoms with van der Waals surface area (Å²) in [5.74, 6) is 2.11. The van der Waals surface area contributed by atoms with Crippen LogP contribution >= 0.6 is 23.1 Å². The quantitative estimate of drug-likeness (QED) is 0.613. The third kappa shape index (κ3) is 4.22. The smallest absolute Gasteiger partial charge is 0.114 e. The Bertz CT molecular complexity index is 422. The van der Waals surface area contributed by atoms with Gasteiger partial charge in [0.05, 0.1) is 6.26 Å². The van der Waals surface area contributed by atoms with Gasteiger partial charge in [-0.15, -0.1) is 11.8 Å². The van der Waals surface area contributed by atoms with Gasteiger partial charge in [0.15, 0.2) is 0 Å². The molecule has 2 aromatic heterocycles. The Hall–Kier alpha value is -0.710. The molecule has 0 aliphatic heterocycles. The monoisotopic (exact) mass is 267 g/mol. The number of aryl methyl sites for hydroxylation is 1. The van der Waals surface area contributed by atoms with Crippen molar-refractivity contribution in [2.75, 3.05) is 18.8 Å². The van der Waals surface area contributed by atoms with Gasteiger partial charge >= 0.3 is 0 Å². The summed E-state index contributed by atoms with van der Waals surface area (Å²) >= 11 is 3.61. The minimum absolute atomic E-state index is 1.02. The summed E-state index contributed by atoms with van der Waals surface area (Å²) in [7, 11) is 0. The van der Waals surface area contributed by atoms with Crippen molar-refractivity contribution in [1.82, 2.24) is 5.32 Å². The molecular weight excluding hydrogens is 250 g/mol. The second kappa shape index (κ2) is 6.89. The van der Waals surface area contributed by atoms with E-state index in [-0.39, 0.29) is 0 Å². The summed E-state index contributed by atoms with van der Waals surface area (Å²) in [6.07, 6.45) is 2.88. The van der Waals surface area contributed by atoms with E-state index in [4.69, 9.17) is 4.42 Å². The lowest BCUT2D eigenvalue weighted by molar-refractivity contribution is 0.527. The van der Waals surface area contributed by atoms with Crippen LogP contribution in [0.4, 0.5) is 0 Å². The van der Waals surface area contributed by atoms with Crippen molar-refractivity contribution in [3.63, 3.8) is 0 Å². The van der Waals surface area contributed by atoms with E-state index in [0.717, 1.165) is 31.0 Å². The Morgan fingerprint density at radius 2 is 2.29 bits per heavy atom. The molecule has 0 aliphatic carbocycles. The molecule has 0 fully saturated rings. The van der Waals surface area contributed by atoms with E-state index < -0.39 is 0 Å². The highest BCUT2D eigenvalue weighted by atomic mass is 32.2. The van der Waals surface area contributed by atoms with Crippen molar-refractivity contribution in [3.8, 4) is 0 Å². The lowest BCUT2D eigenvalue weighted by atomic mass is 10.2. The normalized spacial score (nSPS) is 10.9. The molecule has 0 saturated carbocycles. The van der Waals surface area contributed by atoms with E-state index in [1.54, 1.807) is 17.6 Å². The average Bonchev–Trinajstić information content (AvgIpc) is 2.95. The number of thiophene rings is 1. The maximum atomic E-state index is 5.25. The Labute approximate surface area is 110 Å². The molecule has 0 aromatic carbocycles. The Morgan fingerprint density at radius 3 is 3.00 bits per heavy atom. The molecule has 1 N–H and O–H groups in total. The van der Waals surface area contributed by atoms with E-state index in [1.807, 2.05) is 24.8 Å². The molecule has 2 heterocycles. The van der Waals surface area contributed by atoms with Crippen molar-refractivity contribution in [2.45, 2.75) is 18.2 Å². The molecule has 0 radical (unpaired) electrons. The maximum absolute atomic E-state index is 5.25. The second-order valence-corrected chi connectivity index (χ2v) is 5.74. The predicted molar refractivity (Wildman–Crippen MR) is 75.1 cm³/mol. The van der Waals surface area contributed by atoms with Crippen LogP contribution in [0.5, 0.6) is 0 Å². The first-order valence-corrected chi connectivity index (χ1v) is 7.68. The molecule has 0 bridgehead atoms. The third-order valence-electron chi connectivity index (χ3n) is 2.52. The first-order valence-electron chi connectivity index (χ1n) is 5.75. The van der Waals surface area contributed by atoms with Crippen LogP contribution in [0.15, 0.2) is 38.5 Å². The highest BCUT2D eigenvalue weighted by Gasteiger charge is 2.00. The first-order chi connectivity index (χ1) is 8.36. The summed E-state index contributed by atoms with van der Waals surface area (Å²) < 4.78 is 5.25. The van der Waals surface area contributed by atoms with Crippen LogP contribution < -0.4 is 5.32 Å². The van der Waals surface area contributed by atoms with Crippen molar-refractivity contribution in [3.05, 3.63) is 40.5 Å². The van der Waals surface area contributed by atoms with Crippen molar-refractivity contribution in [2.24, 2.45) is 0 Å². The molecule has 2 nitrogen and oxygen atoms in total. The molecule has 0 spiro atoms. The highest BCUT2D eigenvalue weighted by molar-refractivity contribution is 7.99. The summed E-state index contributed by atoms with van der Waals surface area (Å²) in [6.45, 7) is 4.10. The fourth-order valence-corrected chi connectivity index (χ4v) is 3.12. The molecule has 0 aliphatic rings. The number of hydrogen-bond donors (Lipinski definition) is 1. The van der Waals surface area contributed by atoms with Gasteiger partial charge in [-0.25, -0.2) is 0 Å². The van der Waals surface area contributed by atoms with Crippen molar-refractivity contribution < 1.29 is 4.42 Å². The summed E-state index contributed by atoms with van der Waals surface area (Å²) in [6, 6.07) is 4.22. The molecule has 4 heteroatoms. The van der Waals surface area contributed by atoms with Crippen LogP contribution in [0.2, 0.25) is 0 Å². The molecule has 2 rings (SSSR count). The van der Waals surface area contributed by atoms with Gasteiger partial charge in [-0.2, -0.15) is 11.3 Å². The topological polar surface area (TPSA) is 25.2 Å². The molecule has 0 unspecified atom stereocenters. The van der Waals surface area contributed by atoms with E-state index in [9.17, 15) is 0 Å². The molecule has 0 saturated heterocycles. The van der Waals surface area contributed by atoms with Gasteiger partial charge in [0.25, 0.3) is 0 Å². The van der Waals surface area contributed by atoms with Gasteiger partial charge in [0.1, 0.15) is 5.76 Å². The van der Waals surface area contributed by atoms with Gasteiger partial charge in [-0.3, -0.25) is 0 Å². The van der Waals surface area contributed by atoms with E-state index in [0.29, 0.717) is 0 Å². The van der Waals surface area contributed by atoms with Gasteiger partial charge in [0, 0.05) is 17.2 Å². The van der Waals surface area contributed by atoms with Gasteiger partial charge < -0.3 is 9.73 Å². The van der Waals surface area contributed by atoms with Gasteiger partial charge in [-0.1, -0.05) is 0 Å². The Balaban J connectivity index is 1.54. The van der Waals surface area contributed by atoms with Crippen LogP contribution in [-0.2, 0) is 6.42 Å². The molecular formula is C13H17NOS2. The molecule has 17 heavy (non-hydrogen) atoms. The fraction of sp³-hybridized carbons (Fsp3) is 0.385. The number of thioether (sulfide) groups is 1. The standard InChI is InChI=1S/C13H17NOS2/c1-11-13(3-7-15-11)17-9-6-14-5-2-12-4-8-16-10-12/h3-4,7-8,10,14H,2,5-6,9H2,1H3. The first kappa shape index (κ1) is 12.7. The number of hydrogen-bond acceptors (Lipinski definition) is 4. The lowest BCUT2D eigenvalue weighted by Gasteiger charge is -2.03. The zero-order valence-corrected chi connectivity index (χ0v) is 11.6. The largest absolute Gasteiger partial charge is 0.468 e. The van der Waals surface area contributed by atoms with Crippen LogP contribution in [-0.4, -0.2) is 18.8 Å². The lowest BCUT2D eigenvalue weighted by Crippen LogP contribution is -2.19. The summed E-state index contributed by atoms with van der Waals surface area (Å²) in [5, 5.41) is 7.80. The average molecular weight is 267 g/mol. The predicted octanol–water partition coefficient (Wildman–Crippen LogP) is 3.57. The maximum Gasteiger partial charge on any atom is 0.114 e. The molecule has 0 amide bonds. The van der Waals surface area contributed by atoms with E-state index in [1.165, 1.54) is 10.5 Å². The Morgan fingerprint density at radius 1 is 1.35 bits per heavy atom. The van der Waals surface area contributed by atoms with Gasteiger partial charge in [0.2, 0.25) is 0 Å². The molecule has 0 atom stereocenters. The summed E-state index contributed by atoms with van der Waals surface area (Å²) in [4.78, 5) is 1.25. The van der Waals surface area contributed by atoms with Crippen molar-refractivity contribution in [1.29, 1.82) is 0 Å². The number of furan rings is 1. The molecule has 92 valence electrons. The minimum Gasteiger partial charge on any atom is -0.468 e. The third-order valence-corrected chi connectivity index (χ3v) is 4.39. The number of nitrogens with one attached hydrogen (secondary N) is 1. The SMILES string of the molecule is Cc1occc1SCCNCCc1ccsc1. The van der Waals surface area contributed by atoms with Crippen LogP contribution in [0.25, 0.3) is 0 Å². The summed E-state index contributed by atoms with van der Waals surface area (Å²) in [5.41, 5.74) is 1.43. The second-order valence-electron chi connectivity index (χ2n) is 3.82. The highest BCUT2D eigenvalue weighted by Crippen LogP contribution is 2.22. The Kier molecular flexibility index (Phi) is 5.16. The van der Waals surface area contributed by atoms with Crippen LogP contribution in [0, 0.1) is 6.92 Å². The fourth-order valence-electron chi connectivity index (χ4n) is 1.55. The number of rotatable bonds is 7. The molecule has 2 aromatic rings. The van der Waals surface area contributed by atoms with Crippen molar-refractivity contribution >= 4 is 23.1 Å². The van der Waals surface area contributed by atoms with Crippen LogP contribution in [0.1, 0.15) is 11.3 Å². The zero-order valence-electron chi connectivity index (χ0n) is 9.94. The zero-order chi connectivity index (χ0) is 11.9. The van der Waals surface area contributed by atoms with Crippen LogP contribution in [0.3, 0.4) is 0 Å². The minimum atomic E-state index is 1.02. The van der Waals surface area contributed by atoms with Gasteiger partial charge in [-0.05, 0) is 48.3 Å². The van der Waals surface area contributed by atoms with E-state index >= 15 is 0 Å². The van der Waals surface area contributed by atoms with E-state index in [2.05, 4.69) is 22.1 Å².